The van der Waals surface area contributed by atoms with Crippen LogP contribution in [-0.4, -0.2) is 34.0 Å². The van der Waals surface area contributed by atoms with Crippen LogP contribution in [0.25, 0.3) is 0 Å². The zero-order chi connectivity index (χ0) is 18.8. The zero-order valence-corrected chi connectivity index (χ0v) is 16.1. The molecule has 138 valence electrons. The number of benzene rings is 1. The molecule has 0 amide bonds. The van der Waals surface area contributed by atoms with Crippen LogP contribution < -0.4 is 4.74 Å². The number of rotatable bonds is 6. The number of aryl methyl sites for hydroxylation is 2. The van der Waals surface area contributed by atoms with E-state index < -0.39 is 5.97 Å². The van der Waals surface area contributed by atoms with Gasteiger partial charge in [-0.25, -0.2) is 4.98 Å². The fraction of sp³-hybridized carbons (Fsp3) is 0.368. The number of likely N-dealkylation sites (tertiary alicyclic amines) is 1. The lowest BCUT2D eigenvalue weighted by Crippen LogP contribution is -2.49. The van der Waals surface area contributed by atoms with E-state index in [-0.39, 0.29) is 11.1 Å². The largest absolute Gasteiger partial charge is 0.488 e. The van der Waals surface area contributed by atoms with E-state index in [1.54, 1.807) is 12.3 Å². The summed E-state index contributed by atoms with van der Waals surface area (Å²) < 4.78 is 5.96. The first-order chi connectivity index (χ1) is 12.3. The molecule has 1 N–H and O–H groups in total. The molecular formula is C19H20Cl2N2O3. The fourth-order valence-electron chi connectivity index (χ4n) is 3.17. The average Bonchev–Trinajstić information content (AvgIpc) is 2.52. The van der Waals surface area contributed by atoms with Crippen molar-refractivity contribution >= 4 is 29.2 Å². The second-order valence-electron chi connectivity index (χ2n) is 6.69. The molecule has 1 aliphatic heterocycles. The summed E-state index contributed by atoms with van der Waals surface area (Å²) in [6.07, 6.45) is 1.65. The van der Waals surface area contributed by atoms with E-state index in [9.17, 15) is 4.79 Å². The number of ether oxygens (including phenoxy) is 1. The van der Waals surface area contributed by atoms with Crippen molar-refractivity contribution in [3.63, 3.8) is 0 Å². The predicted molar refractivity (Wildman–Crippen MR) is 101 cm³/mol. The Morgan fingerprint density at radius 3 is 2.46 bits per heavy atom. The molecule has 0 atom stereocenters. The van der Waals surface area contributed by atoms with Crippen LogP contribution in [0.15, 0.2) is 24.4 Å². The molecule has 1 saturated heterocycles. The molecule has 0 unspecified atom stereocenters. The van der Waals surface area contributed by atoms with E-state index in [4.69, 9.17) is 33.0 Å². The molecule has 2 aromatic rings. The number of halogens is 2. The summed E-state index contributed by atoms with van der Waals surface area (Å²) in [5, 5.41) is 9.65. The Labute approximate surface area is 162 Å². The van der Waals surface area contributed by atoms with Gasteiger partial charge in [0.05, 0.1) is 10.9 Å². The van der Waals surface area contributed by atoms with Crippen molar-refractivity contribution in [2.45, 2.75) is 27.0 Å². The Hall–Kier alpha value is -1.82. The molecule has 7 heteroatoms. The molecule has 0 spiro atoms. The molecule has 3 rings (SSSR count). The number of hydrogen-bond donors (Lipinski definition) is 1. The topological polar surface area (TPSA) is 62.7 Å². The molecule has 2 heterocycles. The Balaban J connectivity index is 1.63. The third kappa shape index (κ3) is 4.29. The lowest BCUT2D eigenvalue weighted by molar-refractivity contribution is -0.147. The van der Waals surface area contributed by atoms with Gasteiger partial charge in [0.15, 0.2) is 0 Å². The number of pyridine rings is 1. The van der Waals surface area contributed by atoms with Crippen molar-refractivity contribution in [2.24, 2.45) is 5.92 Å². The van der Waals surface area contributed by atoms with Gasteiger partial charge in [0.1, 0.15) is 17.5 Å². The van der Waals surface area contributed by atoms with Crippen molar-refractivity contribution in [3.8, 4) is 5.75 Å². The van der Waals surface area contributed by atoms with E-state index in [0.29, 0.717) is 24.7 Å². The fourth-order valence-corrected chi connectivity index (χ4v) is 3.46. The standard InChI is InChI=1S/C19H20Cl2N2O3/c1-11-3-13(7-23-8-15(9-23)19(24)25)4-12(2)17(11)26-10-14-5-16(20)18(21)22-6-14/h3-6,15H,7-10H2,1-2H3,(H,24,25). The summed E-state index contributed by atoms with van der Waals surface area (Å²) >= 11 is 11.8. The van der Waals surface area contributed by atoms with Gasteiger partial charge in [0, 0.05) is 31.4 Å². The number of aromatic nitrogens is 1. The van der Waals surface area contributed by atoms with Crippen LogP contribution in [0.5, 0.6) is 5.75 Å². The number of carboxylic acids is 1. The second-order valence-corrected chi connectivity index (χ2v) is 7.46. The molecular weight excluding hydrogens is 375 g/mol. The van der Waals surface area contributed by atoms with E-state index in [1.807, 2.05) is 13.8 Å². The number of carboxylic acid groups (broad SMARTS) is 1. The van der Waals surface area contributed by atoms with Crippen LogP contribution >= 0.6 is 23.2 Å². The van der Waals surface area contributed by atoms with Crippen molar-refractivity contribution in [2.75, 3.05) is 13.1 Å². The highest BCUT2D eigenvalue weighted by atomic mass is 35.5. The van der Waals surface area contributed by atoms with Gasteiger partial charge in [-0.05, 0) is 36.6 Å². The molecule has 0 bridgehead atoms. The van der Waals surface area contributed by atoms with Gasteiger partial charge in [-0.1, -0.05) is 35.3 Å². The Bertz CT molecular complexity index is 813. The van der Waals surface area contributed by atoms with Gasteiger partial charge < -0.3 is 9.84 Å². The summed E-state index contributed by atoms with van der Waals surface area (Å²) in [6.45, 7) is 6.34. The van der Waals surface area contributed by atoms with Gasteiger partial charge in [-0.3, -0.25) is 9.69 Å². The minimum absolute atomic E-state index is 0.236. The second kappa shape index (κ2) is 7.82. The van der Waals surface area contributed by atoms with Gasteiger partial charge in [-0.2, -0.15) is 0 Å². The Kier molecular flexibility index (Phi) is 5.70. The molecule has 0 saturated carbocycles. The SMILES string of the molecule is Cc1cc(CN2CC(C(=O)O)C2)cc(C)c1OCc1cnc(Cl)c(Cl)c1. The first kappa shape index (κ1) is 19.0. The van der Waals surface area contributed by atoms with Gasteiger partial charge in [0.25, 0.3) is 0 Å². The van der Waals surface area contributed by atoms with Crippen LogP contribution in [0.3, 0.4) is 0 Å². The Morgan fingerprint density at radius 1 is 1.23 bits per heavy atom. The zero-order valence-electron chi connectivity index (χ0n) is 14.6. The van der Waals surface area contributed by atoms with Gasteiger partial charge in [-0.15, -0.1) is 0 Å². The lowest BCUT2D eigenvalue weighted by atomic mass is 9.98. The number of hydrogen-bond acceptors (Lipinski definition) is 4. The third-order valence-corrected chi connectivity index (χ3v) is 5.15. The van der Waals surface area contributed by atoms with Crippen LogP contribution in [-0.2, 0) is 17.9 Å². The smallest absolute Gasteiger partial charge is 0.309 e. The molecule has 1 aromatic carbocycles. The minimum atomic E-state index is -0.714. The van der Waals surface area contributed by atoms with E-state index >= 15 is 0 Å². The first-order valence-electron chi connectivity index (χ1n) is 8.31. The molecule has 0 radical (unpaired) electrons. The molecule has 1 aromatic heterocycles. The highest BCUT2D eigenvalue weighted by Gasteiger charge is 2.32. The summed E-state index contributed by atoms with van der Waals surface area (Å²) in [6, 6.07) is 5.92. The Morgan fingerprint density at radius 2 is 1.88 bits per heavy atom. The molecule has 5 nitrogen and oxygen atoms in total. The van der Waals surface area contributed by atoms with Crippen LogP contribution in [0.1, 0.15) is 22.3 Å². The van der Waals surface area contributed by atoms with Gasteiger partial charge >= 0.3 is 5.97 Å². The highest BCUT2D eigenvalue weighted by molar-refractivity contribution is 6.41. The predicted octanol–water partition coefficient (Wildman–Crippen LogP) is 4.10. The first-order valence-corrected chi connectivity index (χ1v) is 9.07. The van der Waals surface area contributed by atoms with Crippen molar-refractivity contribution in [1.82, 2.24) is 9.88 Å². The van der Waals surface area contributed by atoms with Crippen molar-refractivity contribution < 1.29 is 14.6 Å². The van der Waals surface area contributed by atoms with E-state index in [2.05, 4.69) is 22.0 Å². The molecule has 26 heavy (non-hydrogen) atoms. The maximum atomic E-state index is 10.9. The lowest BCUT2D eigenvalue weighted by Gasteiger charge is -2.36. The molecule has 1 aliphatic rings. The van der Waals surface area contributed by atoms with Crippen molar-refractivity contribution in [1.29, 1.82) is 0 Å². The van der Waals surface area contributed by atoms with Crippen LogP contribution in [0, 0.1) is 19.8 Å². The van der Waals surface area contributed by atoms with E-state index in [0.717, 1.165) is 34.5 Å². The van der Waals surface area contributed by atoms with Crippen LogP contribution in [0.2, 0.25) is 10.2 Å². The summed E-state index contributed by atoms with van der Waals surface area (Å²) in [7, 11) is 0. The number of carbonyl (C=O) groups is 1. The maximum Gasteiger partial charge on any atom is 0.309 e. The monoisotopic (exact) mass is 394 g/mol. The molecule has 0 aliphatic carbocycles. The normalized spacial score (nSPS) is 14.9. The highest BCUT2D eigenvalue weighted by Crippen LogP contribution is 2.28. The average molecular weight is 395 g/mol. The summed E-state index contributed by atoms with van der Waals surface area (Å²) in [5.41, 5.74) is 4.10. The van der Waals surface area contributed by atoms with E-state index in [1.165, 1.54) is 0 Å². The third-order valence-electron chi connectivity index (χ3n) is 4.47. The quantitative estimate of drug-likeness (QED) is 0.747. The number of aliphatic carboxylic acids is 1. The van der Waals surface area contributed by atoms with Crippen molar-refractivity contribution in [3.05, 3.63) is 56.8 Å². The molecule has 1 fully saturated rings. The van der Waals surface area contributed by atoms with Gasteiger partial charge in [0.2, 0.25) is 0 Å². The van der Waals surface area contributed by atoms with Crippen LogP contribution in [0.4, 0.5) is 0 Å². The summed E-state index contributed by atoms with van der Waals surface area (Å²) in [5.74, 6) is -0.111. The minimum Gasteiger partial charge on any atom is -0.488 e. The summed E-state index contributed by atoms with van der Waals surface area (Å²) in [4.78, 5) is 17.1. The number of nitrogens with zero attached hydrogens (tertiary/aromatic N) is 2. The maximum absolute atomic E-state index is 10.9.